The summed E-state index contributed by atoms with van der Waals surface area (Å²) < 4.78 is 30.2. The molecule has 11 heteroatoms. The fraction of sp³-hybridized carbons (Fsp3) is 0.217. The Hall–Kier alpha value is -3.99. The molecule has 0 aliphatic rings. The van der Waals surface area contributed by atoms with Crippen molar-refractivity contribution in [2.24, 2.45) is 0 Å². The molecule has 0 saturated heterocycles. The Balaban J connectivity index is 1.46. The summed E-state index contributed by atoms with van der Waals surface area (Å²) >= 11 is 0. The molecule has 0 bridgehead atoms. The molecule has 3 N–H and O–H groups in total. The first kappa shape index (κ1) is 23.2. The number of aromatic nitrogens is 5. The van der Waals surface area contributed by atoms with Crippen LogP contribution in [0.25, 0.3) is 0 Å². The number of sulfonamides is 1. The molecular formula is C23H26N8O2S. The average molecular weight is 479 g/mol. The van der Waals surface area contributed by atoms with Crippen molar-refractivity contribution in [3.8, 4) is 0 Å². The van der Waals surface area contributed by atoms with Crippen LogP contribution in [0.4, 0.5) is 28.8 Å². The molecule has 0 aliphatic carbocycles. The lowest BCUT2D eigenvalue weighted by Gasteiger charge is -2.11. The standard InChI is InChI=1S/C23H26N8O2S/c1-5-31-17(4)23(16(3)29-31)34(32,33)30-19-8-6-18(7-9-19)27-21-13-22(26-14-25-21)28-20-12-15(2)10-11-24-20/h6-14,30H,5H2,1-4H3,(H2,24,25,26,27,28). The van der Waals surface area contributed by atoms with Crippen LogP contribution in [0.2, 0.25) is 0 Å². The number of nitrogens with zero attached hydrogens (tertiary/aromatic N) is 5. The van der Waals surface area contributed by atoms with Gasteiger partial charge in [-0.15, -0.1) is 0 Å². The first-order valence-corrected chi connectivity index (χ1v) is 12.2. The smallest absolute Gasteiger partial charge is 0.265 e. The predicted octanol–water partition coefficient (Wildman–Crippen LogP) is 4.30. The highest BCUT2D eigenvalue weighted by molar-refractivity contribution is 7.92. The van der Waals surface area contributed by atoms with Gasteiger partial charge in [0, 0.05) is 30.2 Å². The Morgan fingerprint density at radius 1 is 0.853 bits per heavy atom. The van der Waals surface area contributed by atoms with E-state index < -0.39 is 10.0 Å². The monoisotopic (exact) mass is 478 g/mol. The number of hydrogen-bond acceptors (Lipinski definition) is 8. The van der Waals surface area contributed by atoms with E-state index in [0.717, 1.165) is 11.3 Å². The highest BCUT2D eigenvalue weighted by Crippen LogP contribution is 2.25. The molecule has 10 nitrogen and oxygen atoms in total. The molecule has 176 valence electrons. The second-order valence-electron chi connectivity index (χ2n) is 7.76. The van der Waals surface area contributed by atoms with Gasteiger partial charge in [-0.1, -0.05) is 0 Å². The van der Waals surface area contributed by atoms with Gasteiger partial charge < -0.3 is 10.6 Å². The van der Waals surface area contributed by atoms with Gasteiger partial charge in [0.15, 0.2) is 0 Å². The van der Waals surface area contributed by atoms with Crippen molar-refractivity contribution < 1.29 is 8.42 Å². The topological polar surface area (TPSA) is 127 Å². The number of nitrogens with one attached hydrogen (secondary N) is 3. The molecule has 0 radical (unpaired) electrons. The second-order valence-corrected chi connectivity index (χ2v) is 9.37. The van der Waals surface area contributed by atoms with Gasteiger partial charge in [0.2, 0.25) is 0 Å². The molecule has 0 atom stereocenters. The van der Waals surface area contributed by atoms with Crippen LogP contribution in [0.5, 0.6) is 0 Å². The van der Waals surface area contributed by atoms with Gasteiger partial charge in [-0.3, -0.25) is 9.40 Å². The zero-order valence-corrected chi connectivity index (χ0v) is 20.2. The SMILES string of the molecule is CCn1nc(C)c(S(=O)(=O)Nc2ccc(Nc3cc(Nc4cc(C)ccn4)ncn3)cc2)c1C. The van der Waals surface area contributed by atoms with E-state index in [9.17, 15) is 8.42 Å². The van der Waals surface area contributed by atoms with Crippen molar-refractivity contribution in [1.82, 2.24) is 24.7 Å². The van der Waals surface area contributed by atoms with Crippen molar-refractivity contribution in [1.29, 1.82) is 0 Å². The molecular weight excluding hydrogens is 452 g/mol. The summed E-state index contributed by atoms with van der Waals surface area (Å²) in [6.07, 6.45) is 3.18. The molecule has 4 rings (SSSR count). The van der Waals surface area contributed by atoms with Crippen molar-refractivity contribution in [2.45, 2.75) is 39.1 Å². The summed E-state index contributed by atoms with van der Waals surface area (Å²) in [6.45, 7) is 7.96. The molecule has 0 fully saturated rings. The normalized spacial score (nSPS) is 11.3. The summed E-state index contributed by atoms with van der Waals surface area (Å²) in [7, 11) is -3.76. The first-order valence-electron chi connectivity index (χ1n) is 10.7. The maximum Gasteiger partial charge on any atom is 0.265 e. The van der Waals surface area contributed by atoms with E-state index in [2.05, 4.69) is 35.4 Å². The molecule has 3 aromatic heterocycles. The molecule has 0 unspecified atom stereocenters. The van der Waals surface area contributed by atoms with Gasteiger partial charge in [0.05, 0.1) is 11.4 Å². The van der Waals surface area contributed by atoms with Gasteiger partial charge in [-0.2, -0.15) is 5.10 Å². The summed E-state index contributed by atoms with van der Waals surface area (Å²) in [5, 5.41) is 10.6. The van der Waals surface area contributed by atoms with Crippen molar-refractivity contribution in [2.75, 3.05) is 15.4 Å². The molecule has 0 amide bonds. The highest BCUT2D eigenvalue weighted by atomic mass is 32.2. The van der Waals surface area contributed by atoms with Crippen LogP contribution < -0.4 is 15.4 Å². The number of benzene rings is 1. The maximum atomic E-state index is 12.9. The largest absolute Gasteiger partial charge is 0.340 e. The number of pyridine rings is 1. The van der Waals surface area contributed by atoms with E-state index in [4.69, 9.17) is 0 Å². The first-order chi connectivity index (χ1) is 16.2. The lowest BCUT2D eigenvalue weighted by atomic mass is 10.3. The van der Waals surface area contributed by atoms with E-state index in [1.807, 2.05) is 26.0 Å². The number of rotatable bonds is 8. The predicted molar refractivity (Wildman–Crippen MR) is 132 cm³/mol. The van der Waals surface area contributed by atoms with Crippen LogP contribution in [-0.4, -0.2) is 33.2 Å². The third-order valence-corrected chi connectivity index (χ3v) is 6.76. The third kappa shape index (κ3) is 5.15. The van der Waals surface area contributed by atoms with Gasteiger partial charge >= 0.3 is 0 Å². The fourth-order valence-electron chi connectivity index (χ4n) is 3.58. The summed E-state index contributed by atoms with van der Waals surface area (Å²) in [5.41, 5.74) is 3.36. The number of anilines is 5. The van der Waals surface area contributed by atoms with E-state index in [1.54, 1.807) is 55.1 Å². The Labute approximate surface area is 198 Å². The molecule has 0 saturated carbocycles. The third-order valence-electron chi connectivity index (χ3n) is 5.13. The van der Waals surface area contributed by atoms with Crippen LogP contribution in [0.15, 0.2) is 59.9 Å². The van der Waals surface area contributed by atoms with Crippen molar-refractivity contribution in [3.63, 3.8) is 0 Å². The van der Waals surface area contributed by atoms with Crippen molar-refractivity contribution >= 4 is 38.9 Å². The molecule has 0 spiro atoms. The lowest BCUT2D eigenvalue weighted by molar-refractivity contribution is 0.598. The van der Waals surface area contributed by atoms with Gasteiger partial charge in [0.1, 0.15) is 28.7 Å². The van der Waals surface area contributed by atoms with Crippen LogP contribution in [0, 0.1) is 20.8 Å². The Morgan fingerprint density at radius 2 is 1.50 bits per heavy atom. The Bertz CT molecular complexity index is 1420. The quantitative estimate of drug-likeness (QED) is 0.342. The van der Waals surface area contributed by atoms with Crippen LogP contribution in [0.3, 0.4) is 0 Å². The van der Waals surface area contributed by atoms with Gasteiger partial charge in [0.25, 0.3) is 10.0 Å². The van der Waals surface area contributed by atoms with Crippen LogP contribution in [0.1, 0.15) is 23.9 Å². The fourth-order valence-corrected chi connectivity index (χ4v) is 5.06. The van der Waals surface area contributed by atoms with Crippen LogP contribution in [-0.2, 0) is 16.6 Å². The Morgan fingerprint density at radius 3 is 2.15 bits per heavy atom. The molecule has 4 aromatic rings. The maximum absolute atomic E-state index is 12.9. The average Bonchev–Trinajstić information content (AvgIpc) is 3.09. The number of hydrogen-bond donors (Lipinski definition) is 3. The molecule has 0 aliphatic heterocycles. The second kappa shape index (κ2) is 9.48. The summed E-state index contributed by atoms with van der Waals surface area (Å²) in [5.74, 6) is 1.87. The molecule has 34 heavy (non-hydrogen) atoms. The summed E-state index contributed by atoms with van der Waals surface area (Å²) in [6, 6.07) is 12.5. The van der Waals surface area contributed by atoms with E-state index in [0.29, 0.717) is 41.1 Å². The van der Waals surface area contributed by atoms with E-state index in [1.165, 1.54) is 6.33 Å². The van der Waals surface area contributed by atoms with E-state index in [-0.39, 0.29) is 4.90 Å². The highest BCUT2D eigenvalue weighted by Gasteiger charge is 2.24. The van der Waals surface area contributed by atoms with Crippen molar-refractivity contribution in [3.05, 3.63) is 71.9 Å². The van der Waals surface area contributed by atoms with Gasteiger partial charge in [-0.25, -0.2) is 23.4 Å². The summed E-state index contributed by atoms with van der Waals surface area (Å²) in [4.78, 5) is 12.9. The zero-order chi connectivity index (χ0) is 24.3. The minimum absolute atomic E-state index is 0.209. The van der Waals surface area contributed by atoms with Crippen LogP contribution >= 0.6 is 0 Å². The zero-order valence-electron chi connectivity index (χ0n) is 19.4. The van der Waals surface area contributed by atoms with Gasteiger partial charge in [-0.05, 0) is 69.7 Å². The lowest BCUT2D eigenvalue weighted by Crippen LogP contribution is -2.15. The number of aryl methyl sites for hydroxylation is 3. The molecule has 1 aromatic carbocycles. The minimum atomic E-state index is -3.76. The molecule has 3 heterocycles. The minimum Gasteiger partial charge on any atom is -0.340 e. The van der Waals surface area contributed by atoms with E-state index >= 15 is 0 Å². The Kier molecular flexibility index (Phi) is 6.46.